The van der Waals surface area contributed by atoms with Crippen molar-refractivity contribution in [3.05, 3.63) is 22.7 Å². The summed E-state index contributed by atoms with van der Waals surface area (Å²) in [5, 5.41) is 0.336. The zero-order valence-electron chi connectivity index (χ0n) is 16.6. The van der Waals surface area contributed by atoms with Crippen LogP contribution in [0.4, 0.5) is 0 Å². The van der Waals surface area contributed by atoms with Crippen LogP contribution in [0.1, 0.15) is 43.0 Å². The van der Waals surface area contributed by atoms with Crippen molar-refractivity contribution in [2.75, 3.05) is 40.9 Å². The van der Waals surface area contributed by atoms with E-state index in [-0.39, 0.29) is 17.7 Å². The number of halogens is 1. The summed E-state index contributed by atoms with van der Waals surface area (Å²) in [5.74, 6) is 0.906. The molecule has 2 rings (SSSR count). The van der Waals surface area contributed by atoms with E-state index < -0.39 is 0 Å². The van der Waals surface area contributed by atoms with E-state index in [4.69, 9.17) is 21.1 Å². The normalized spacial score (nSPS) is 14.8. The number of unbranched alkanes of at least 4 members (excludes halogenated alkanes) is 1. The summed E-state index contributed by atoms with van der Waals surface area (Å²) < 4.78 is 10.5. The Labute approximate surface area is 166 Å². The number of carbonyl (C=O) groups excluding carboxylic acids is 2. The summed E-state index contributed by atoms with van der Waals surface area (Å²) in [7, 11) is 4.88. The quantitative estimate of drug-likeness (QED) is 0.708. The second kappa shape index (κ2) is 9.83. The topological polar surface area (TPSA) is 59.1 Å². The molecule has 27 heavy (non-hydrogen) atoms. The first kappa shape index (κ1) is 21.4. The lowest BCUT2D eigenvalue weighted by Gasteiger charge is -2.33. The number of hydrogen-bond acceptors (Lipinski definition) is 4. The first-order valence-electron chi connectivity index (χ1n) is 9.38. The van der Waals surface area contributed by atoms with Crippen LogP contribution in [0.3, 0.4) is 0 Å². The van der Waals surface area contributed by atoms with E-state index >= 15 is 0 Å². The van der Waals surface area contributed by atoms with E-state index in [1.807, 2.05) is 11.9 Å². The summed E-state index contributed by atoms with van der Waals surface area (Å²) >= 11 is 6.21. The molecule has 0 aliphatic carbocycles. The molecule has 2 amide bonds. The molecule has 1 aromatic rings. The molecule has 0 radical (unpaired) electrons. The third-order valence-electron chi connectivity index (χ3n) is 5.04. The summed E-state index contributed by atoms with van der Waals surface area (Å²) in [6.07, 6.45) is 3.45. The van der Waals surface area contributed by atoms with Gasteiger partial charge in [0.15, 0.2) is 11.5 Å². The van der Waals surface area contributed by atoms with Gasteiger partial charge in [-0.1, -0.05) is 24.9 Å². The molecule has 0 aromatic heterocycles. The third-order valence-corrected chi connectivity index (χ3v) is 5.32. The fourth-order valence-electron chi connectivity index (χ4n) is 3.37. The van der Waals surface area contributed by atoms with Crippen molar-refractivity contribution in [3.63, 3.8) is 0 Å². The van der Waals surface area contributed by atoms with Crippen LogP contribution in [-0.2, 0) is 4.79 Å². The summed E-state index contributed by atoms with van der Waals surface area (Å²) in [4.78, 5) is 29.0. The van der Waals surface area contributed by atoms with Gasteiger partial charge >= 0.3 is 0 Å². The van der Waals surface area contributed by atoms with Gasteiger partial charge in [0.2, 0.25) is 5.91 Å². The van der Waals surface area contributed by atoms with Crippen LogP contribution in [0.2, 0.25) is 5.02 Å². The van der Waals surface area contributed by atoms with Gasteiger partial charge in [0, 0.05) is 38.2 Å². The molecule has 0 saturated carbocycles. The molecule has 1 aromatic carbocycles. The van der Waals surface area contributed by atoms with Gasteiger partial charge in [-0.3, -0.25) is 9.59 Å². The fourth-order valence-corrected chi connectivity index (χ4v) is 3.66. The van der Waals surface area contributed by atoms with E-state index in [0.29, 0.717) is 48.0 Å². The van der Waals surface area contributed by atoms with Gasteiger partial charge < -0.3 is 19.3 Å². The highest BCUT2D eigenvalue weighted by Crippen LogP contribution is 2.36. The number of piperidine rings is 1. The highest BCUT2D eigenvalue weighted by molar-refractivity contribution is 6.32. The average Bonchev–Trinajstić information content (AvgIpc) is 2.70. The molecular weight excluding hydrogens is 368 g/mol. The molecule has 6 nitrogen and oxygen atoms in total. The van der Waals surface area contributed by atoms with Gasteiger partial charge in [-0.05, 0) is 31.4 Å². The highest BCUT2D eigenvalue weighted by Gasteiger charge is 2.30. The third kappa shape index (κ3) is 5.06. The van der Waals surface area contributed by atoms with E-state index in [9.17, 15) is 9.59 Å². The summed E-state index contributed by atoms with van der Waals surface area (Å²) in [5.41, 5.74) is 0.461. The van der Waals surface area contributed by atoms with Crippen LogP contribution >= 0.6 is 11.6 Å². The highest BCUT2D eigenvalue weighted by atomic mass is 35.5. The van der Waals surface area contributed by atoms with Crippen molar-refractivity contribution in [2.45, 2.75) is 32.6 Å². The molecule has 0 N–H and O–H groups in total. The largest absolute Gasteiger partial charge is 0.493 e. The van der Waals surface area contributed by atoms with E-state index in [1.54, 1.807) is 17.0 Å². The standard InChI is InChI=1S/C20H29ClN2O4/c1-5-6-9-22(2)19(24)14-7-10-23(11-8-14)20(25)15-12-16(21)18(27-4)17(13-15)26-3/h12-14H,5-11H2,1-4H3. The Morgan fingerprint density at radius 2 is 1.89 bits per heavy atom. The molecule has 1 heterocycles. The van der Waals surface area contributed by atoms with Crippen LogP contribution in [0.25, 0.3) is 0 Å². The van der Waals surface area contributed by atoms with Crippen LogP contribution < -0.4 is 9.47 Å². The maximum Gasteiger partial charge on any atom is 0.254 e. The Hall–Kier alpha value is -1.95. The van der Waals surface area contributed by atoms with Crippen LogP contribution in [0.5, 0.6) is 11.5 Å². The molecule has 1 saturated heterocycles. The van der Waals surface area contributed by atoms with Gasteiger partial charge in [-0.25, -0.2) is 0 Å². The number of methoxy groups -OCH3 is 2. The Kier molecular flexibility index (Phi) is 7.78. The molecular formula is C20H29ClN2O4. The van der Waals surface area contributed by atoms with Crippen LogP contribution in [-0.4, -0.2) is 62.5 Å². The molecule has 7 heteroatoms. The van der Waals surface area contributed by atoms with Crippen LogP contribution in [0.15, 0.2) is 12.1 Å². The molecule has 1 aliphatic rings. The summed E-state index contributed by atoms with van der Waals surface area (Å²) in [6.45, 7) is 4.02. The zero-order valence-corrected chi connectivity index (χ0v) is 17.3. The minimum Gasteiger partial charge on any atom is -0.493 e. The first-order chi connectivity index (χ1) is 12.9. The SMILES string of the molecule is CCCCN(C)C(=O)C1CCN(C(=O)c2cc(Cl)c(OC)c(OC)c2)CC1. The van der Waals surface area contributed by atoms with Crippen molar-refractivity contribution in [1.29, 1.82) is 0 Å². The number of amides is 2. The van der Waals surface area contributed by atoms with E-state index in [1.165, 1.54) is 14.2 Å². The van der Waals surface area contributed by atoms with Gasteiger partial charge in [0.1, 0.15) is 0 Å². The van der Waals surface area contributed by atoms with E-state index in [0.717, 1.165) is 19.4 Å². The molecule has 0 spiro atoms. The second-order valence-electron chi connectivity index (χ2n) is 6.87. The number of ether oxygens (including phenoxy) is 2. The lowest BCUT2D eigenvalue weighted by atomic mass is 9.94. The molecule has 1 fully saturated rings. The average molecular weight is 397 g/mol. The lowest BCUT2D eigenvalue weighted by molar-refractivity contribution is -0.135. The minimum absolute atomic E-state index is 0.00935. The van der Waals surface area contributed by atoms with Crippen molar-refractivity contribution in [3.8, 4) is 11.5 Å². The fraction of sp³-hybridized carbons (Fsp3) is 0.600. The second-order valence-corrected chi connectivity index (χ2v) is 7.28. The van der Waals surface area contributed by atoms with Crippen LogP contribution in [0, 0.1) is 5.92 Å². The number of hydrogen-bond donors (Lipinski definition) is 0. The first-order valence-corrected chi connectivity index (χ1v) is 9.76. The molecule has 1 aliphatic heterocycles. The van der Waals surface area contributed by atoms with E-state index in [2.05, 4.69) is 6.92 Å². The zero-order chi connectivity index (χ0) is 20.0. The number of benzene rings is 1. The van der Waals surface area contributed by atoms with Gasteiger partial charge in [0.25, 0.3) is 5.91 Å². The maximum absolute atomic E-state index is 12.8. The Morgan fingerprint density at radius 1 is 1.22 bits per heavy atom. The molecule has 0 bridgehead atoms. The number of nitrogens with zero attached hydrogens (tertiary/aromatic N) is 2. The predicted octanol–water partition coefficient (Wildman–Crippen LogP) is 3.47. The maximum atomic E-state index is 12.8. The van der Waals surface area contributed by atoms with Crippen molar-refractivity contribution < 1.29 is 19.1 Å². The number of carbonyl (C=O) groups is 2. The Morgan fingerprint density at radius 3 is 2.44 bits per heavy atom. The van der Waals surface area contributed by atoms with Gasteiger partial charge in [-0.15, -0.1) is 0 Å². The Balaban J connectivity index is 2.01. The smallest absolute Gasteiger partial charge is 0.254 e. The van der Waals surface area contributed by atoms with Crippen molar-refractivity contribution in [1.82, 2.24) is 9.80 Å². The van der Waals surface area contributed by atoms with Gasteiger partial charge in [-0.2, -0.15) is 0 Å². The molecule has 150 valence electrons. The molecule has 0 atom stereocenters. The summed E-state index contributed by atoms with van der Waals surface area (Å²) in [6, 6.07) is 3.24. The minimum atomic E-state index is -0.108. The monoisotopic (exact) mass is 396 g/mol. The predicted molar refractivity (Wildman–Crippen MR) is 106 cm³/mol. The van der Waals surface area contributed by atoms with Gasteiger partial charge in [0.05, 0.1) is 19.2 Å². The van der Waals surface area contributed by atoms with Crippen molar-refractivity contribution in [2.24, 2.45) is 5.92 Å². The number of likely N-dealkylation sites (tertiary alicyclic amines) is 1. The van der Waals surface area contributed by atoms with Crippen molar-refractivity contribution >= 4 is 23.4 Å². The number of rotatable bonds is 7. The molecule has 0 unspecified atom stereocenters. The Bertz CT molecular complexity index is 672. The lowest BCUT2D eigenvalue weighted by Crippen LogP contribution is -2.43.